The Balaban J connectivity index is 1.69. The lowest BCUT2D eigenvalue weighted by molar-refractivity contribution is 0.129. The summed E-state index contributed by atoms with van der Waals surface area (Å²) in [5.74, 6) is 0. The van der Waals surface area contributed by atoms with Crippen molar-refractivity contribution in [2.75, 3.05) is 40.4 Å². The molecule has 134 valence electrons. The van der Waals surface area contributed by atoms with E-state index in [1.807, 2.05) is 19.1 Å². The zero-order valence-electron chi connectivity index (χ0n) is 14.9. The highest BCUT2D eigenvalue weighted by Gasteiger charge is 2.45. The molecule has 1 spiro atoms. The van der Waals surface area contributed by atoms with E-state index < -0.39 is 10.0 Å². The van der Waals surface area contributed by atoms with Crippen molar-refractivity contribution < 1.29 is 13.2 Å². The van der Waals surface area contributed by atoms with Gasteiger partial charge in [0.15, 0.2) is 0 Å². The number of methoxy groups -OCH3 is 1. The fraction of sp³-hybridized carbons (Fsp3) is 0.667. The summed E-state index contributed by atoms with van der Waals surface area (Å²) in [6, 6.07) is 7.65. The molecule has 0 amide bonds. The summed E-state index contributed by atoms with van der Waals surface area (Å²) in [6.45, 7) is 4.95. The Morgan fingerprint density at radius 2 is 2.00 bits per heavy atom. The maximum atomic E-state index is 12.9. The normalized spacial score (nSPS) is 25.4. The van der Waals surface area contributed by atoms with Gasteiger partial charge in [-0.3, -0.25) is 0 Å². The van der Waals surface area contributed by atoms with Crippen molar-refractivity contribution in [2.45, 2.75) is 37.1 Å². The first-order chi connectivity index (χ1) is 11.4. The molecule has 5 nitrogen and oxygen atoms in total. The van der Waals surface area contributed by atoms with Crippen molar-refractivity contribution in [2.24, 2.45) is 5.41 Å². The Kier molecular flexibility index (Phi) is 5.02. The van der Waals surface area contributed by atoms with Gasteiger partial charge in [0.2, 0.25) is 10.0 Å². The lowest BCUT2D eigenvalue weighted by atomic mass is 9.77. The average molecular weight is 353 g/mol. The molecule has 2 aliphatic heterocycles. The van der Waals surface area contributed by atoms with Crippen LogP contribution in [0.15, 0.2) is 29.2 Å². The van der Waals surface area contributed by atoms with E-state index in [-0.39, 0.29) is 5.41 Å². The first-order valence-corrected chi connectivity index (χ1v) is 10.1. The zero-order chi connectivity index (χ0) is 17.4. The van der Waals surface area contributed by atoms with E-state index in [0.29, 0.717) is 24.0 Å². The second-order valence-electron chi connectivity index (χ2n) is 7.45. The number of hydrogen-bond donors (Lipinski definition) is 0. The van der Waals surface area contributed by atoms with Crippen LogP contribution in [0.4, 0.5) is 0 Å². The Hall–Kier alpha value is -0.950. The van der Waals surface area contributed by atoms with E-state index in [2.05, 4.69) is 11.9 Å². The van der Waals surface area contributed by atoms with Crippen molar-refractivity contribution in [3.8, 4) is 0 Å². The molecule has 0 bridgehead atoms. The second-order valence-corrected chi connectivity index (χ2v) is 9.39. The van der Waals surface area contributed by atoms with Crippen LogP contribution in [0.5, 0.6) is 0 Å². The molecule has 1 aromatic carbocycles. The highest BCUT2D eigenvalue weighted by Crippen LogP contribution is 2.43. The fourth-order valence-corrected chi connectivity index (χ4v) is 5.79. The molecule has 3 rings (SSSR count). The molecule has 2 aliphatic rings. The summed E-state index contributed by atoms with van der Waals surface area (Å²) in [7, 11) is 0.520. The standard InChI is InChI=1S/C18H28N2O3S/c1-15-5-4-6-17(11-15)24(21,22)20-9-7-18(8-10-20)12-16(13-23-3)19(2)14-18/h4-6,11,16H,7-10,12-14H2,1-3H3/t16-/m0/s1. The number of rotatable bonds is 4. The molecular weight excluding hydrogens is 324 g/mol. The van der Waals surface area contributed by atoms with Gasteiger partial charge in [-0.05, 0) is 56.3 Å². The van der Waals surface area contributed by atoms with Crippen molar-refractivity contribution in [1.29, 1.82) is 0 Å². The smallest absolute Gasteiger partial charge is 0.243 e. The van der Waals surface area contributed by atoms with Gasteiger partial charge in [0, 0.05) is 32.8 Å². The van der Waals surface area contributed by atoms with E-state index in [4.69, 9.17) is 4.74 Å². The van der Waals surface area contributed by atoms with Crippen LogP contribution in [0.25, 0.3) is 0 Å². The summed E-state index contributed by atoms with van der Waals surface area (Å²) in [4.78, 5) is 2.79. The van der Waals surface area contributed by atoms with Crippen molar-refractivity contribution in [3.63, 3.8) is 0 Å². The average Bonchev–Trinajstić information content (AvgIpc) is 2.83. The predicted octanol–water partition coefficient (Wildman–Crippen LogP) is 2.12. The van der Waals surface area contributed by atoms with Crippen LogP contribution in [0.2, 0.25) is 0 Å². The number of likely N-dealkylation sites (tertiary alicyclic amines) is 1. The molecule has 0 saturated carbocycles. The Labute approximate surface area is 145 Å². The van der Waals surface area contributed by atoms with Crippen LogP contribution < -0.4 is 0 Å². The third-order valence-electron chi connectivity index (χ3n) is 5.65. The minimum Gasteiger partial charge on any atom is -0.383 e. The highest BCUT2D eigenvalue weighted by atomic mass is 32.2. The van der Waals surface area contributed by atoms with Gasteiger partial charge in [0.1, 0.15) is 0 Å². The van der Waals surface area contributed by atoms with Gasteiger partial charge in [-0.15, -0.1) is 0 Å². The number of aryl methyl sites for hydroxylation is 1. The topological polar surface area (TPSA) is 49.9 Å². The van der Waals surface area contributed by atoms with Crippen LogP contribution in [-0.4, -0.2) is 64.1 Å². The van der Waals surface area contributed by atoms with Crippen LogP contribution in [-0.2, 0) is 14.8 Å². The fourth-order valence-electron chi connectivity index (χ4n) is 4.24. The molecule has 0 aliphatic carbocycles. The minimum absolute atomic E-state index is 0.247. The summed E-state index contributed by atoms with van der Waals surface area (Å²) in [6.07, 6.45) is 2.97. The van der Waals surface area contributed by atoms with Crippen LogP contribution >= 0.6 is 0 Å². The summed E-state index contributed by atoms with van der Waals surface area (Å²) in [5.41, 5.74) is 1.22. The van der Waals surface area contributed by atoms with E-state index in [1.165, 1.54) is 0 Å². The van der Waals surface area contributed by atoms with E-state index in [9.17, 15) is 8.42 Å². The maximum Gasteiger partial charge on any atom is 0.243 e. The SMILES string of the molecule is COC[C@@H]1CC2(CCN(S(=O)(=O)c3cccc(C)c3)CC2)CN1C. The number of likely N-dealkylation sites (N-methyl/N-ethyl adjacent to an activating group) is 1. The molecule has 24 heavy (non-hydrogen) atoms. The largest absolute Gasteiger partial charge is 0.383 e. The first-order valence-electron chi connectivity index (χ1n) is 8.62. The second kappa shape index (κ2) is 6.75. The van der Waals surface area contributed by atoms with E-state index in [1.54, 1.807) is 23.5 Å². The molecule has 0 N–H and O–H groups in total. The van der Waals surface area contributed by atoms with Gasteiger partial charge >= 0.3 is 0 Å². The minimum atomic E-state index is -3.37. The Morgan fingerprint density at radius 3 is 2.62 bits per heavy atom. The van der Waals surface area contributed by atoms with E-state index in [0.717, 1.165) is 38.0 Å². The van der Waals surface area contributed by atoms with Crippen molar-refractivity contribution in [3.05, 3.63) is 29.8 Å². The summed E-state index contributed by atoms with van der Waals surface area (Å²) in [5, 5.41) is 0. The third-order valence-corrected chi connectivity index (χ3v) is 7.54. The molecule has 2 heterocycles. The molecule has 0 unspecified atom stereocenters. The molecule has 0 radical (unpaired) electrons. The van der Waals surface area contributed by atoms with Crippen LogP contribution in [0.3, 0.4) is 0 Å². The predicted molar refractivity (Wildman–Crippen MR) is 94.5 cm³/mol. The molecule has 6 heteroatoms. The lowest BCUT2D eigenvalue weighted by Gasteiger charge is -2.38. The summed E-state index contributed by atoms with van der Waals surface area (Å²) >= 11 is 0. The summed E-state index contributed by atoms with van der Waals surface area (Å²) < 4.78 is 32.7. The van der Waals surface area contributed by atoms with Gasteiger partial charge in [0.05, 0.1) is 11.5 Å². The Morgan fingerprint density at radius 1 is 1.29 bits per heavy atom. The lowest BCUT2D eigenvalue weighted by Crippen LogP contribution is -2.44. The number of hydrogen-bond acceptors (Lipinski definition) is 4. The van der Waals surface area contributed by atoms with Crippen molar-refractivity contribution >= 4 is 10.0 Å². The van der Waals surface area contributed by atoms with Crippen LogP contribution in [0.1, 0.15) is 24.8 Å². The van der Waals surface area contributed by atoms with Gasteiger partial charge < -0.3 is 9.64 Å². The van der Waals surface area contributed by atoms with Gasteiger partial charge in [0.25, 0.3) is 0 Å². The molecule has 0 aromatic heterocycles. The maximum absolute atomic E-state index is 12.9. The number of nitrogens with zero attached hydrogens (tertiary/aromatic N) is 2. The Bertz CT molecular complexity index is 681. The molecule has 1 aromatic rings. The first kappa shape index (κ1) is 17.9. The molecular formula is C18H28N2O3S. The van der Waals surface area contributed by atoms with Gasteiger partial charge in [-0.1, -0.05) is 12.1 Å². The highest BCUT2D eigenvalue weighted by molar-refractivity contribution is 7.89. The third kappa shape index (κ3) is 3.38. The number of ether oxygens (including phenoxy) is 1. The molecule has 1 atom stereocenters. The van der Waals surface area contributed by atoms with Gasteiger partial charge in [-0.2, -0.15) is 4.31 Å². The number of sulfonamides is 1. The van der Waals surface area contributed by atoms with Gasteiger partial charge in [-0.25, -0.2) is 8.42 Å². The monoisotopic (exact) mass is 352 g/mol. The van der Waals surface area contributed by atoms with Crippen molar-refractivity contribution in [1.82, 2.24) is 9.21 Å². The quantitative estimate of drug-likeness (QED) is 0.833. The number of benzene rings is 1. The zero-order valence-corrected chi connectivity index (χ0v) is 15.7. The molecule has 2 fully saturated rings. The van der Waals surface area contributed by atoms with E-state index >= 15 is 0 Å². The van der Waals surface area contributed by atoms with Crippen LogP contribution in [0, 0.1) is 12.3 Å². The number of piperidine rings is 1. The molecule has 2 saturated heterocycles.